The lowest BCUT2D eigenvalue weighted by atomic mass is 10.00. The summed E-state index contributed by atoms with van der Waals surface area (Å²) in [6.45, 7) is 4.96. The molecule has 5 heteroatoms. The first-order chi connectivity index (χ1) is 13.3. The van der Waals surface area contributed by atoms with Crippen LogP contribution in [0.3, 0.4) is 0 Å². The van der Waals surface area contributed by atoms with Crippen molar-refractivity contribution in [2.75, 3.05) is 33.8 Å². The van der Waals surface area contributed by atoms with E-state index >= 15 is 0 Å². The van der Waals surface area contributed by atoms with Crippen LogP contribution < -0.4 is 15.4 Å². The van der Waals surface area contributed by atoms with Gasteiger partial charge in [-0.2, -0.15) is 0 Å². The van der Waals surface area contributed by atoms with Crippen LogP contribution >= 0.6 is 0 Å². The highest BCUT2D eigenvalue weighted by molar-refractivity contribution is 5.79. The number of hydrogen-bond donors (Lipinski definition) is 2. The number of benzene rings is 2. The zero-order valence-corrected chi connectivity index (χ0v) is 16.4. The summed E-state index contributed by atoms with van der Waals surface area (Å²) in [6.07, 6.45) is 2.26. The molecule has 0 spiro atoms. The highest BCUT2D eigenvalue weighted by atomic mass is 16.5. The number of ether oxygens (including phenoxy) is 1. The Morgan fingerprint density at radius 2 is 1.96 bits per heavy atom. The van der Waals surface area contributed by atoms with Crippen LogP contribution in [-0.4, -0.2) is 44.7 Å². The molecule has 0 fully saturated rings. The molecule has 27 heavy (non-hydrogen) atoms. The molecule has 0 aromatic heterocycles. The van der Waals surface area contributed by atoms with E-state index in [1.807, 2.05) is 25.2 Å². The average molecular weight is 367 g/mol. The number of nitrogens with one attached hydrogen (secondary N) is 2. The average Bonchev–Trinajstić information content (AvgIpc) is 2.73. The van der Waals surface area contributed by atoms with Gasteiger partial charge in [0.15, 0.2) is 5.96 Å². The zero-order valence-electron chi connectivity index (χ0n) is 16.4. The summed E-state index contributed by atoms with van der Waals surface area (Å²) in [7, 11) is 3.50. The molecule has 144 valence electrons. The van der Waals surface area contributed by atoms with E-state index in [4.69, 9.17) is 4.74 Å². The van der Waals surface area contributed by atoms with Crippen molar-refractivity contribution in [3.05, 3.63) is 65.2 Å². The second kappa shape index (κ2) is 9.97. The lowest BCUT2D eigenvalue weighted by molar-refractivity contribution is 0.251. The summed E-state index contributed by atoms with van der Waals surface area (Å²) >= 11 is 0. The molecule has 0 saturated heterocycles. The molecule has 5 nitrogen and oxygen atoms in total. The summed E-state index contributed by atoms with van der Waals surface area (Å²) in [5.41, 5.74) is 4.16. The lowest BCUT2D eigenvalue weighted by Gasteiger charge is -2.28. The van der Waals surface area contributed by atoms with Crippen molar-refractivity contribution in [1.82, 2.24) is 15.5 Å². The van der Waals surface area contributed by atoms with E-state index in [-0.39, 0.29) is 0 Å². The topological polar surface area (TPSA) is 48.9 Å². The minimum absolute atomic E-state index is 0.722. The maximum absolute atomic E-state index is 5.27. The minimum atomic E-state index is 0.722. The fourth-order valence-electron chi connectivity index (χ4n) is 3.44. The monoisotopic (exact) mass is 366 g/mol. The third-order valence-corrected chi connectivity index (χ3v) is 4.97. The Morgan fingerprint density at radius 1 is 1.11 bits per heavy atom. The van der Waals surface area contributed by atoms with E-state index < -0.39 is 0 Å². The normalized spacial score (nSPS) is 14.5. The molecule has 1 heterocycles. The van der Waals surface area contributed by atoms with Gasteiger partial charge in [0, 0.05) is 39.8 Å². The van der Waals surface area contributed by atoms with Gasteiger partial charge in [-0.25, -0.2) is 0 Å². The maximum Gasteiger partial charge on any atom is 0.191 e. The largest absolute Gasteiger partial charge is 0.497 e. The smallest absolute Gasteiger partial charge is 0.191 e. The van der Waals surface area contributed by atoms with Crippen molar-refractivity contribution in [2.45, 2.75) is 25.9 Å². The highest BCUT2D eigenvalue weighted by Crippen LogP contribution is 2.18. The molecular formula is C22H30N4O. The number of methoxy groups -OCH3 is 1. The third-order valence-electron chi connectivity index (χ3n) is 4.97. The van der Waals surface area contributed by atoms with Crippen molar-refractivity contribution in [3.63, 3.8) is 0 Å². The molecule has 1 aliphatic rings. The first-order valence-corrected chi connectivity index (χ1v) is 9.65. The standard InChI is InChI=1S/C22H30N4O/c1-23-22(25-16-18-7-5-10-21(15-18)27-2)24-12-6-13-26-14-11-19-8-3-4-9-20(19)17-26/h3-5,7-10,15H,6,11-14,16-17H2,1-2H3,(H2,23,24,25). The van der Waals surface area contributed by atoms with Crippen molar-refractivity contribution < 1.29 is 4.74 Å². The van der Waals surface area contributed by atoms with Gasteiger partial charge < -0.3 is 15.4 Å². The molecule has 2 N–H and O–H groups in total. The molecular weight excluding hydrogens is 336 g/mol. The number of fused-ring (bicyclic) bond motifs is 1. The first kappa shape index (κ1) is 19.2. The number of nitrogens with zero attached hydrogens (tertiary/aromatic N) is 2. The summed E-state index contributed by atoms with van der Waals surface area (Å²) in [5.74, 6) is 1.71. The predicted octanol–water partition coefficient (Wildman–Crippen LogP) is 2.81. The van der Waals surface area contributed by atoms with Gasteiger partial charge in [-0.05, 0) is 41.7 Å². The molecule has 0 unspecified atom stereocenters. The van der Waals surface area contributed by atoms with E-state index in [0.717, 1.165) is 57.3 Å². The van der Waals surface area contributed by atoms with Gasteiger partial charge in [0.25, 0.3) is 0 Å². The molecule has 3 rings (SSSR count). The summed E-state index contributed by atoms with van der Waals surface area (Å²) in [5, 5.41) is 6.77. The quantitative estimate of drug-likeness (QED) is 0.449. The molecule has 0 amide bonds. The fraction of sp³-hybridized carbons (Fsp3) is 0.409. The molecule has 0 saturated carbocycles. The SMILES string of the molecule is CN=C(NCCCN1CCc2ccccc2C1)NCc1cccc(OC)c1. The van der Waals surface area contributed by atoms with E-state index in [0.29, 0.717) is 0 Å². The molecule has 2 aromatic rings. The van der Waals surface area contributed by atoms with Crippen LogP contribution in [-0.2, 0) is 19.5 Å². The Morgan fingerprint density at radius 3 is 2.78 bits per heavy atom. The van der Waals surface area contributed by atoms with Crippen LogP contribution in [0.15, 0.2) is 53.5 Å². The summed E-state index contributed by atoms with van der Waals surface area (Å²) in [4.78, 5) is 6.85. The van der Waals surface area contributed by atoms with Gasteiger partial charge in [0.2, 0.25) is 0 Å². The Bertz CT molecular complexity index is 759. The lowest BCUT2D eigenvalue weighted by Crippen LogP contribution is -2.39. The maximum atomic E-state index is 5.27. The fourth-order valence-corrected chi connectivity index (χ4v) is 3.44. The molecule has 0 aliphatic carbocycles. The number of rotatable bonds is 7. The molecule has 1 aliphatic heterocycles. The number of aliphatic imine (C=N–C) groups is 1. The van der Waals surface area contributed by atoms with Gasteiger partial charge in [-0.3, -0.25) is 9.89 Å². The van der Waals surface area contributed by atoms with Gasteiger partial charge in [0.1, 0.15) is 5.75 Å². The van der Waals surface area contributed by atoms with Crippen molar-refractivity contribution in [1.29, 1.82) is 0 Å². The predicted molar refractivity (Wildman–Crippen MR) is 111 cm³/mol. The Balaban J connectivity index is 1.36. The van der Waals surface area contributed by atoms with Crippen molar-refractivity contribution in [3.8, 4) is 5.75 Å². The van der Waals surface area contributed by atoms with Crippen LogP contribution in [0.1, 0.15) is 23.1 Å². The third kappa shape index (κ3) is 5.73. The van der Waals surface area contributed by atoms with E-state index in [1.54, 1.807) is 7.11 Å². The summed E-state index contributed by atoms with van der Waals surface area (Å²) < 4.78 is 5.27. The minimum Gasteiger partial charge on any atom is -0.497 e. The van der Waals surface area contributed by atoms with Crippen LogP contribution in [0, 0.1) is 0 Å². The Labute approximate surface area is 162 Å². The highest BCUT2D eigenvalue weighted by Gasteiger charge is 2.14. The number of hydrogen-bond acceptors (Lipinski definition) is 3. The van der Waals surface area contributed by atoms with Crippen molar-refractivity contribution in [2.24, 2.45) is 4.99 Å². The first-order valence-electron chi connectivity index (χ1n) is 9.65. The van der Waals surface area contributed by atoms with E-state index in [1.165, 1.54) is 16.7 Å². The molecule has 0 bridgehead atoms. The van der Waals surface area contributed by atoms with Crippen LogP contribution in [0.5, 0.6) is 5.75 Å². The van der Waals surface area contributed by atoms with Crippen LogP contribution in [0.4, 0.5) is 0 Å². The van der Waals surface area contributed by atoms with Crippen LogP contribution in [0.25, 0.3) is 0 Å². The van der Waals surface area contributed by atoms with E-state index in [2.05, 4.69) is 50.9 Å². The van der Waals surface area contributed by atoms with Crippen LogP contribution in [0.2, 0.25) is 0 Å². The van der Waals surface area contributed by atoms with Gasteiger partial charge >= 0.3 is 0 Å². The summed E-state index contributed by atoms with van der Waals surface area (Å²) in [6, 6.07) is 16.9. The van der Waals surface area contributed by atoms with Crippen molar-refractivity contribution >= 4 is 5.96 Å². The van der Waals surface area contributed by atoms with Gasteiger partial charge in [-0.15, -0.1) is 0 Å². The Kier molecular flexibility index (Phi) is 7.11. The molecule has 0 radical (unpaired) electrons. The van der Waals surface area contributed by atoms with Gasteiger partial charge in [-0.1, -0.05) is 36.4 Å². The molecule has 0 atom stereocenters. The molecule has 2 aromatic carbocycles. The second-order valence-corrected chi connectivity index (χ2v) is 6.85. The second-order valence-electron chi connectivity index (χ2n) is 6.85. The number of guanidine groups is 1. The zero-order chi connectivity index (χ0) is 18.9. The van der Waals surface area contributed by atoms with E-state index in [9.17, 15) is 0 Å². The van der Waals surface area contributed by atoms with Gasteiger partial charge in [0.05, 0.1) is 7.11 Å². The Hall–Kier alpha value is -2.53.